The zero-order valence-corrected chi connectivity index (χ0v) is 8.54. The van der Waals surface area contributed by atoms with Gasteiger partial charge in [-0.1, -0.05) is 0 Å². The fraction of sp³-hybridized carbons (Fsp3) is 0.250. The van der Waals surface area contributed by atoms with Crippen LogP contribution in [0, 0.1) is 0 Å². The summed E-state index contributed by atoms with van der Waals surface area (Å²) in [5.41, 5.74) is 0.135. The van der Waals surface area contributed by atoms with E-state index in [1.165, 1.54) is 19.4 Å². The molecule has 1 atom stereocenters. The van der Waals surface area contributed by atoms with Gasteiger partial charge in [0.05, 0.1) is 28.5 Å². The SMILES string of the molecule is COC(=O)c1ccoc1C=S(C)(=O)O. The van der Waals surface area contributed by atoms with Crippen molar-refractivity contribution in [3.8, 4) is 0 Å². The van der Waals surface area contributed by atoms with Gasteiger partial charge in [-0.15, -0.1) is 0 Å². The van der Waals surface area contributed by atoms with E-state index in [2.05, 4.69) is 4.74 Å². The Balaban J connectivity index is 3.19. The average molecular weight is 218 g/mol. The maximum atomic E-state index is 11.1. The van der Waals surface area contributed by atoms with E-state index in [4.69, 9.17) is 8.97 Å². The molecule has 0 aliphatic heterocycles. The molecule has 1 aromatic rings. The third-order valence-corrected chi connectivity index (χ3v) is 2.08. The van der Waals surface area contributed by atoms with E-state index >= 15 is 0 Å². The molecule has 6 heteroatoms. The first-order valence-electron chi connectivity index (χ1n) is 3.66. The van der Waals surface area contributed by atoms with Crippen molar-refractivity contribution in [2.24, 2.45) is 0 Å². The lowest BCUT2D eigenvalue weighted by atomic mass is 10.3. The van der Waals surface area contributed by atoms with Gasteiger partial charge in [0, 0.05) is 6.26 Å². The first-order chi connectivity index (χ1) is 6.44. The summed E-state index contributed by atoms with van der Waals surface area (Å²) < 4.78 is 29.4. The lowest BCUT2D eigenvalue weighted by molar-refractivity contribution is 0.0600. The van der Waals surface area contributed by atoms with Crippen LogP contribution in [-0.2, 0) is 14.5 Å². The van der Waals surface area contributed by atoms with Gasteiger partial charge in [-0.05, 0) is 6.07 Å². The van der Waals surface area contributed by atoms with Gasteiger partial charge in [0.1, 0.15) is 5.56 Å². The molecule has 1 N–H and O–H groups in total. The van der Waals surface area contributed by atoms with Crippen LogP contribution >= 0.6 is 0 Å². The number of hydrogen-bond donors (Lipinski definition) is 1. The molecule has 1 heterocycles. The van der Waals surface area contributed by atoms with E-state index in [1.807, 2.05) is 0 Å². The Kier molecular flexibility index (Phi) is 2.97. The van der Waals surface area contributed by atoms with Gasteiger partial charge in [0.15, 0.2) is 5.76 Å². The van der Waals surface area contributed by atoms with E-state index in [9.17, 15) is 9.00 Å². The summed E-state index contributed by atoms with van der Waals surface area (Å²) in [4.78, 5) is 11.1. The lowest BCUT2D eigenvalue weighted by Gasteiger charge is -1.97. The van der Waals surface area contributed by atoms with Gasteiger partial charge in [-0.25, -0.2) is 9.00 Å². The Morgan fingerprint density at radius 3 is 2.86 bits per heavy atom. The van der Waals surface area contributed by atoms with Crippen LogP contribution in [0.5, 0.6) is 0 Å². The van der Waals surface area contributed by atoms with Crippen LogP contribution in [0.4, 0.5) is 0 Å². The average Bonchev–Trinajstić information content (AvgIpc) is 2.48. The number of hydrogen-bond acceptors (Lipinski definition) is 4. The minimum absolute atomic E-state index is 0.0480. The molecule has 0 aromatic carbocycles. The second-order valence-corrected chi connectivity index (χ2v) is 4.63. The second-order valence-electron chi connectivity index (χ2n) is 2.67. The van der Waals surface area contributed by atoms with Crippen molar-refractivity contribution in [1.29, 1.82) is 0 Å². The van der Waals surface area contributed by atoms with E-state index < -0.39 is 15.8 Å². The first kappa shape index (κ1) is 10.8. The molecule has 0 bridgehead atoms. The monoisotopic (exact) mass is 218 g/mol. The number of carbonyl (C=O) groups excluding carboxylic acids is 1. The summed E-state index contributed by atoms with van der Waals surface area (Å²) >= 11 is 0. The summed E-state index contributed by atoms with van der Waals surface area (Å²) in [6.07, 6.45) is 2.37. The quantitative estimate of drug-likeness (QED) is 0.581. The number of carbonyl (C=O) groups is 1. The number of ether oxygens (including phenoxy) is 1. The van der Waals surface area contributed by atoms with Crippen molar-refractivity contribution in [3.05, 3.63) is 23.7 Å². The fourth-order valence-corrected chi connectivity index (χ4v) is 1.47. The van der Waals surface area contributed by atoms with Crippen LogP contribution < -0.4 is 0 Å². The summed E-state index contributed by atoms with van der Waals surface area (Å²) in [7, 11) is -1.86. The Hall–Kier alpha value is -1.27. The zero-order chi connectivity index (χ0) is 10.8. The maximum Gasteiger partial charge on any atom is 0.341 e. The van der Waals surface area contributed by atoms with Crippen molar-refractivity contribution in [1.82, 2.24) is 0 Å². The minimum atomic E-state index is -3.09. The topological polar surface area (TPSA) is 76.7 Å². The molecule has 1 unspecified atom stereocenters. The highest BCUT2D eigenvalue weighted by molar-refractivity contribution is 7.95. The fourth-order valence-electron chi connectivity index (χ4n) is 0.889. The molecular weight excluding hydrogens is 208 g/mol. The molecule has 0 spiro atoms. The van der Waals surface area contributed by atoms with E-state index in [1.54, 1.807) is 0 Å². The molecule has 0 radical (unpaired) electrons. The third-order valence-electron chi connectivity index (χ3n) is 1.43. The number of methoxy groups -OCH3 is 1. The molecule has 78 valence electrons. The highest BCUT2D eigenvalue weighted by atomic mass is 32.2. The first-order valence-corrected chi connectivity index (χ1v) is 5.65. The van der Waals surface area contributed by atoms with Crippen LogP contribution in [0.3, 0.4) is 0 Å². The predicted octanol–water partition coefficient (Wildman–Crippen LogP) is 0.604. The molecule has 0 saturated carbocycles. The van der Waals surface area contributed by atoms with E-state index in [-0.39, 0.29) is 11.3 Å². The van der Waals surface area contributed by atoms with Crippen LogP contribution in [0.25, 0.3) is 0 Å². The van der Waals surface area contributed by atoms with E-state index in [0.717, 1.165) is 11.6 Å². The molecule has 5 nitrogen and oxygen atoms in total. The summed E-state index contributed by atoms with van der Waals surface area (Å²) in [6, 6.07) is 1.38. The molecule has 0 aliphatic carbocycles. The summed E-state index contributed by atoms with van der Waals surface area (Å²) in [5, 5.41) is 0.985. The van der Waals surface area contributed by atoms with Gasteiger partial charge in [-0.2, -0.15) is 0 Å². The molecule has 1 rings (SSSR count). The smallest absolute Gasteiger partial charge is 0.341 e. The van der Waals surface area contributed by atoms with Crippen molar-refractivity contribution in [2.45, 2.75) is 0 Å². The minimum Gasteiger partial charge on any atom is -0.465 e. The molecule has 0 fully saturated rings. The molecular formula is C8H10O5S. The van der Waals surface area contributed by atoms with Crippen molar-refractivity contribution in [2.75, 3.05) is 13.4 Å². The van der Waals surface area contributed by atoms with Crippen molar-refractivity contribution in [3.63, 3.8) is 0 Å². The second kappa shape index (κ2) is 3.85. The zero-order valence-electron chi connectivity index (χ0n) is 7.72. The third kappa shape index (κ3) is 2.61. The molecule has 1 aromatic heterocycles. The van der Waals surface area contributed by atoms with Gasteiger partial charge < -0.3 is 13.7 Å². The normalized spacial score (nSPS) is 14.5. The van der Waals surface area contributed by atoms with Gasteiger partial charge in [0.2, 0.25) is 0 Å². The number of rotatable bonds is 2. The molecule has 0 amide bonds. The standard InChI is InChI=1S/C8H10O5S/c1-12-8(9)6-3-4-13-7(6)5-14(2,10)11/h3-5H,1-2H3,(H,10,11). The van der Waals surface area contributed by atoms with Gasteiger partial charge >= 0.3 is 5.97 Å². The van der Waals surface area contributed by atoms with Crippen molar-refractivity contribution >= 4 is 21.1 Å². The summed E-state index contributed by atoms with van der Waals surface area (Å²) in [5.74, 6) is -0.555. The Morgan fingerprint density at radius 1 is 1.71 bits per heavy atom. The number of furan rings is 1. The van der Waals surface area contributed by atoms with Crippen LogP contribution in [0.1, 0.15) is 16.1 Å². The van der Waals surface area contributed by atoms with E-state index in [0.29, 0.717) is 0 Å². The van der Waals surface area contributed by atoms with Crippen LogP contribution in [0.15, 0.2) is 16.7 Å². The molecule has 0 saturated heterocycles. The van der Waals surface area contributed by atoms with Crippen LogP contribution in [-0.4, -0.2) is 33.5 Å². The van der Waals surface area contributed by atoms with Crippen molar-refractivity contribution < 1.29 is 22.7 Å². The van der Waals surface area contributed by atoms with Gasteiger partial charge in [0.25, 0.3) is 0 Å². The predicted molar refractivity (Wildman–Crippen MR) is 51.9 cm³/mol. The summed E-state index contributed by atoms with van der Waals surface area (Å²) in [6.45, 7) is 0. The largest absolute Gasteiger partial charge is 0.465 e. The molecule has 0 aliphatic rings. The number of esters is 1. The highest BCUT2D eigenvalue weighted by Gasteiger charge is 2.14. The lowest BCUT2D eigenvalue weighted by Crippen LogP contribution is -2.06. The highest BCUT2D eigenvalue weighted by Crippen LogP contribution is 2.09. The van der Waals surface area contributed by atoms with Crippen LogP contribution in [0.2, 0.25) is 0 Å². The Labute approximate surface area is 81.5 Å². The Bertz CT molecular complexity index is 442. The Morgan fingerprint density at radius 2 is 2.36 bits per heavy atom. The van der Waals surface area contributed by atoms with Gasteiger partial charge in [-0.3, -0.25) is 0 Å². The maximum absolute atomic E-state index is 11.1. The molecule has 14 heavy (non-hydrogen) atoms.